The van der Waals surface area contributed by atoms with E-state index >= 15 is 4.39 Å². The molecule has 4 rings (SSSR count). The number of rotatable bonds is 5. The maximum atomic E-state index is 15.2. The van der Waals surface area contributed by atoms with E-state index in [1.807, 2.05) is 25.7 Å². The Kier molecular flexibility index (Phi) is 6.86. The van der Waals surface area contributed by atoms with E-state index in [9.17, 15) is 14.4 Å². The number of aryl methyl sites for hydroxylation is 1. The number of amides is 4. The number of halogens is 1. The first-order chi connectivity index (χ1) is 16.5. The molecule has 2 fully saturated rings. The van der Waals surface area contributed by atoms with Crippen molar-refractivity contribution in [3.8, 4) is 0 Å². The van der Waals surface area contributed by atoms with Gasteiger partial charge in [0.25, 0.3) is 0 Å². The standard InChI is InChI=1S/C24H33FN6O4/c1-24(2,3)35-23(34)26-9-5-15-6-10-30(11-7-15)19-14-18-16(13-17(19)25)21(28-29(18)4)31-12-8-20(32)27-22(31)33/h13-15H,5-12H2,1-4H3,(H,26,34)(H,27,32,33). The minimum atomic E-state index is -0.547. The predicted octanol–water partition coefficient (Wildman–Crippen LogP) is 3.29. The smallest absolute Gasteiger partial charge is 0.407 e. The Morgan fingerprint density at radius 3 is 2.60 bits per heavy atom. The van der Waals surface area contributed by atoms with Crippen LogP contribution in [0.15, 0.2) is 12.1 Å². The zero-order valence-electron chi connectivity index (χ0n) is 20.7. The van der Waals surface area contributed by atoms with Crippen LogP contribution in [0.4, 0.5) is 25.5 Å². The quantitative estimate of drug-likeness (QED) is 0.669. The number of aromatic nitrogens is 2. The van der Waals surface area contributed by atoms with Crippen LogP contribution in [0.2, 0.25) is 0 Å². The van der Waals surface area contributed by atoms with Crippen molar-refractivity contribution in [3.63, 3.8) is 0 Å². The van der Waals surface area contributed by atoms with E-state index in [1.165, 1.54) is 11.0 Å². The van der Waals surface area contributed by atoms with Gasteiger partial charge >= 0.3 is 12.1 Å². The van der Waals surface area contributed by atoms with Crippen molar-refractivity contribution < 1.29 is 23.5 Å². The zero-order valence-corrected chi connectivity index (χ0v) is 20.7. The van der Waals surface area contributed by atoms with Gasteiger partial charge in [-0.05, 0) is 58.1 Å². The zero-order chi connectivity index (χ0) is 25.3. The summed E-state index contributed by atoms with van der Waals surface area (Å²) in [6.45, 7) is 7.67. The van der Waals surface area contributed by atoms with Crippen LogP contribution in [0.25, 0.3) is 10.9 Å². The van der Waals surface area contributed by atoms with Crippen LogP contribution in [-0.2, 0) is 16.6 Å². The lowest BCUT2D eigenvalue weighted by Gasteiger charge is -2.34. The summed E-state index contributed by atoms with van der Waals surface area (Å²) in [5.41, 5.74) is 0.703. The van der Waals surface area contributed by atoms with E-state index in [0.717, 1.165) is 19.3 Å². The van der Waals surface area contributed by atoms with Gasteiger partial charge in [-0.1, -0.05) is 0 Å². The monoisotopic (exact) mass is 488 g/mol. The lowest BCUT2D eigenvalue weighted by atomic mass is 9.93. The van der Waals surface area contributed by atoms with Crippen molar-refractivity contribution in [1.29, 1.82) is 0 Å². The highest BCUT2D eigenvalue weighted by atomic mass is 19.1. The maximum Gasteiger partial charge on any atom is 0.407 e. The fourth-order valence-electron chi connectivity index (χ4n) is 4.61. The third-order valence-electron chi connectivity index (χ3n) is 6.39. The van der Waals surface area contributed by atoms with Gasteiger partial charge in [0.2, 0.25) is 5.91 Å². The predicted molar refractivity (Wildman–Crippen MR) is 130 cm³/mol. The van der Waals surface area contributed by atoms with Crippen LogP contribution in [0.5, 0.6) is 0 Å². The molecule has 0 atom stereocenters. The second-order valence-electron chi connectivity index (χ2n) is 10.2. The second-order valence-corrected chi connectivity index (χ2v) is 10.2. The number of urea groups is 1. The van der Waals surface area contributed by atoms with Crippen molar-refractivity contribution in [1.82, 2.24) is 20.4 Å². The van der Waals surface area contributed by atoms with Gasteiger partial charge in [0.15, 0.2) is 5.82 Å². The van der Waals surface area contributed by atoms with Crippen LogP contribution in [0.1, 0.15) is 46.5 Å². The molecule has 2 aromatic rings. The molecule has 0 unspecified atom stereocenters. The Morgan fingerprint density at radius 2 is 1.94 bits per heavy atom. The molecule has 2 N–H and O–H groups in total. The highest BCUT2D eigenvalue weighted by molar-refractivity contribution is 6.09. The van der Waals surface area contributed by atoms with Crippen LogP contribution in [0, 0.1) is 11.7 Å². The molecule has 0 spiro atoms. The van der Waals surface area contributed by atoms with Crippen molar-refractivity contribution >= 4 is 40.4 Å². The average molecular weight is 489 g/mol. The van der Waals surface area contributed by atoms with Gasteiger partial charge in [-0.25, -0.2) is 14.0 Å². The molecule has 1 aromatic carbocycles. The fraction of sp³-hybridized carbons (Fsp3) is 0.583. The van der Waals surface area contributed by atoms with Gasteiger partial charge in [-0.15, -0.1) is 0 Å². The molecule has 0 bridgehead atoms. The first kappa shape index (κ1) is 24.7. The third-order valence-corrected chi connectivity index (χ3v) is 6.39. The number of nitrogens with one attached hydrogen (secondary N) is 2. The molecule has 0 saturated carbocycles. The van der Waals surface area contributed by atoms with E-state index in [2.05, 4.69) is 15.7 Å². The number of alkyl carbamates (subject to hydrolysis) is 1. The number of fused-ring (bicyclic) bond motifs is 1. The van der Waals surface area contributed by atoms with E-state index in [1.54, 1.807) is 17.8 Å². The van der Waals surface area contributed by atoms with Crippen molar-refractivity contribution in [2.75, 3.05) is 36.0 Å². The number of carbonyl (C=O) groups is 3. The first-order valence-electron chi connectivity index (χ1n) is 12.0. The van der Waals surface area contributed by atoms with Gasteiger partial charge in [0.1, 0.15) is 11.4 Å². The summed E-state index contributed by atoms with van der Waals surface area (Å²) < 4.78 is 22.1. The Balaban J connectivity index is 1.39. The molecule has 35 heavy (non-hydrogen) atoms. The number of ether oxygens (including phenoxy) is 1. The SMILES string of the molecule is Cn1nc(N2CCC(=O)NC2=O)c2cc(F)c(N3CCC(CCNC(=O)OC(C)(C)C)CC3)cc21. The number of imide groups is 1. The van der Waals surface area contributed by atoms with Gasteiger partial charge in [0.05, 0.1) is 11.2 Å². The lowest BCUT2D eigenvalue weighted by molar-refractivity contribution is -0.120. The Bertz CT molecular complexity index is 1130. The van der Waals surface area contributed by atoms with Crippen LogP contribution in [-0.4, -0.2) is 59.6 Å². The Labute approximate surface area is 203 Å². The summed E-state index contributed by atoms with van der Waals surface area (Å²) in [6.07, 6.45) is 2.40. The third kappa shape index (κ3) is 5.66. The molecule has 10 nitrogen and oxygen atoms in total. The largest absolute Gasteiger partial charge is 0.444 e. The molecule has 2 saturated heterocycles. The average Bonchev–Trinajstić information content (AvgIpc) is 3.07. The number of nitrogens with zero attached hydrogens (tertiary/aromatic N) is 4. The van der Waals surface area contributed by atoms with E-state index in [-0.39, 0.29) is 24.7 Å². The summed E-state index contributed by atoms with van der Waals surface area (Å²) in [5, 5.41) is 10.1. The highest BCUT2D eigenvalue weighted by Gasteiger charge is 2.29. The van der Waals surface area contributed by atoms with Gasteiger partial charge in [-0.2, -0.15) is 5.10 Å². The lowest BCUT2D eigenvalue weighted by Crippen LogP contribution is -2.49. The number of piperidine rings is 1. The maximum absolute atomic E-state index is 15.2. The molecule has 1 aromatic heterocycles. The van der Waals surface area contributed by atoms with Gasteiger partial charge in [-0.3, -0.25) is 19.7 Å². The molecule has 0 radical (unpaired) electrons. The molecular weight excluding hydrogens is 455 g/mol. The highest BCUT2D eigenvalue weighted by Crippen LogP contribution is 2.34. The number of hydrogen-bond acceptors (Lipinski definition) is 6. The summed E-state index contributed by atoms with van der Waals surface area (Å²) >= 11 is 0. The van der Waals surface area contributed by atoms with Gasteiger partial charge in [0, 0.05) is 45.0 Å². The summed E-state index contributed by atoms with van der Waals surface area (Å²) in [5.74, 6) is 0.0834. The molecule has 190 valence electrons. The molecular formula is C24H33FN6O4. The summed E-state index contributed by atoms with van der Waals surface area (Å²) in [6, 6.07) is 2.65. The van der Waals surface area contributed by atoms with E-state index in [4.69, 9.17) is 4.74 Å². The van der Waals surface area contributed by atoms with Crippen molar-refractivity contribution in [2.45, 2.75) is 52.1 Å². The Hall–Kier alpha value is -3.37. The van der Waals surface area contributed by atoms with E-state index < -0.39 is 17.7 Å². The number of benzene rings is 1. The van der Waals surface area contributed by atoms with Crippen LogP contribution in [0.3, 0.4) is 0 Å². The molecule has 11 heteroatoms. The van der Waals surface area contributed by atoms with Gasteiger partial charge < -0.3 is 15.0 Å². The molecule has 4 amide bonds. The molecule has 0 aliphatic carbocycles. The summed E-state index contributed by atoms with van der Waals surface area (Å²) in [4.78, 5) is 39.0. The minimum Gasteiger partial charge on any atom is -0.444 e. The molecule has 2 aliphatic rings. The first-order valence-corrected chi connectivity index (χ1v) is 12.0. The molecule has 3 heterocycles. The normalized spacial score (nSPS) is 17.6. The van der Waals surface area contributed by atoms with Crippen molar-refractivity contribution in [2.24, 2.45) is 13.0 Å². The summed E-state index contributed by atoms with van der Waals surface area (Å²) in [7, 11) is 1.75. The number of hydrogen-bond donors (Lipinski definition) is 2. The van der Waals surface area contributed by atoms with E-state index in [0.29, 0.717) is 48.0 Å². The number of anilines is 2. The van der Waals surface area contributed by atoms with Crippen LogP contribution < -0.4 is 20.4 Å². The van der Waals surface area contributed by atoms with Crippen LogP contribution >= 0.6 is 0 Å². The second kappa shape index (κ2) is 9.71. The Morgan fingerprint density at radius 1 is 1.23 bits per heavy atom. The number of carbonyl (C=O) groups excluding carboxylic acids is 3. The topological polar surface area (TPSA) is 109 Å². The fourth-order valence-corrected chi connectivity index (χ4v) is 4.61. The van der Waals surface area contributed by atoms with Crippen molar-refractivity contribution in [3.05, 3.63) is 17.9 Å². The minimum absolute atomic E-state index is 0.173. The molecule has 2 aliphatic heterocycles.